The average Bonchev–Trinajstić information content (AvgIpc) is 2.47. The Morgan fingerprint density at radius 3 is 2.92 bits per heavy atom. The Hall–Kier alpha value is -0.310. The van der Waals surface area contributed by atoms with Crippen molar-refractivity contribution in [2.45, 2.75) is 18.9 Å². The van der Waals surface area contributed by atoms with Crippen LogP contribution in [0, 0.1) is 0 Å². The van der Waals surface area contributed by atoms with Gasteiger partial charge in [0.05, 0.1) is 4.34 Å². The highest BCUT2D eigenvalue weighted by Crippen LogP contribution is 2.27. The van der Waals surface area contributed by atoms with Crippen molar-refractivity contribution in [1.82, 2.24) is 0 Å². The molecule has 0 bridgehead atoms. The second kappa shape index (κ2) is 4.65. The normalized spacial score (nSPS) is 12.8. The zero-order valence-electron chi connectivity index (χ0n) is 6.79. The molecule has 0 aliphatic heterocycles. The molecule has 66 valence electrons. The van der Waals surface area contributed by atoms with E-state index in [4.69, 9.17) is 17.3 Å². The van der Waals surface area contributed by atoms with E-state index in [0.717, 1.165) is 22.1 Å². The number of hydrogen-bond acceptors (Lipinski definition) is 2. The molecule has 0 amide bonds. The van der Waals surface area contributed by atoms with Gasteiger partial charge in [-0.2, -0.15) is 0 Å². The molecule has 0 fully saturated rings. The van der Waals surface area contributed by atoms with Crippen LogP contribution in [-0.4, -0.2) is 0 Å². The first-order valence-electron chi connectivity index (χ1n) is 3.85. The maximum absolute atomic E-state index is 5.90. The molecule has 1 rings (SSSR count). The summed E-state index contributed by atoms with van der Waals surface area (Å²) in [6, 6.07) is 3.98. The first-order chi connectivity index (χ1) is 5.74. The van der Waals surface area contributed by atoms with Gasteiger partial charge in [0.1, 0.15) is 0 Å². The van der Waals surface area contributed by atoms with Gasteiger partial charge in [-0.15, -0.1) is 17.9 Å². The van der Waals surface area contributed by atoms with Gasteiger partial charge >= 0.3 is 0 Å². The zero-order valence-corrected chi connectivity index (χ0v) is 8.37. The number of thiophene rings is 1. The van der Waals surface area contributed by atoms with Crippen LogP contribution in [0.4, 0.5) is 0 Å². The summed E-state index contributed by atoms with van der Waals surface area (Å²) < 4.78 is 0.805. The maximum Gasteiger partial charge on any atom is 0.0931 e. The third-order valence-electron chi connectivity index (χ3n) is 1.64. The van der Waals surface area contributed by atoms with Crippen LogP contribution in [-0.2, 0) is 0 Å². The standard InChI is InChI=1S/C9H12ClNS/c1-2-3-4-7(11)8-5-6-9(10)12-8/h2,5-7H,1,3-4,11H2/t7-/m0/s1. The molecule has 12 heavy (non-hydrogen) atoms. The van der Waals surface area contributed by atoms with Crippen molar-refractivity contribution in [1.29, 1.82) is 0 Å². The summed E-state index contributed by atoms with van der Waals surface area (Å²) in [5, 5.41) is 0. The van der Waals surface area contributed by atoms with Gasteiger partial charge in [0, 0.05) is 10.9 Å². The van der Waals surface area contributed by atoms with E-state index in [9.17, 15) is 0 Å². The molecule has 0 saturated heterocycles. The fourth-order valence-electron chi connectivity index (χ4n) is 0.967. The van der Waals surface area contributed by atoms with Crippen LogP contribution in [0.1, 0.15) is 23.8 Å². The Kier molecular flexibility index (Phi) is 3.79. The second-order valence-corrected chi connectivity index (χ2v) is 4.36. The molecule has 0 aliphatic rings. The van der Waals surface area contributed by atoms with Crippen LogP contribution in [0.2, 0.25) is 4.34 Å². The molecule has 0 aromatic carbocycles. The Bertz CT molecular complexity index is 257. The van der Waals surface area contributed by atoms with E-state index in [1.165, 1.54) is 0 Å². The average molecular weight is 202 g/mol. The van der Waals surface area contributed by atoms with Gasteiger partial charge in [-0.25, -0.2) is 0 Å². The molecular formula is C9H12ClNS. The molecule has 3 heteroatoms. The molecule has 1 nitrogen and oxygen atoms in total. The highest BCUT2D eigenvalue weighted by molar-refractivity contribution is 7.16. The van der Waals surface area contributed by atoms with Gasteiger partial charge in [-0.05, 0) is 25.0 Å². The minimum absolute atomic E-state index is 0.112. The largest absolute Gasteiger partial charge is 0.323 e. The Morgan fingerprint density at radius 2 is 2.42 bits per heavy atom. The summed E-state index contributed by atoms with van der Waals surface area (Å²) in [6.45, 7) is 3.65. The van der Waals surface area contributed by atoms with Gasteiger partial charge < -0.3 is 5.73 Å². The lowest BCUT2D eigenvalue weighted by atomic mass is 10.1. The van der Waals surface area contributed by atoms with Gasteiger partial charge in [0.25, 0.3) is 0 Å². The van der Waals surface area contributed by atoms with E-state index in [1.54, 1.807) is 11.3 Å². The number of allylic oxidation sites excluding steroid dienone is 1. The van der Waals surface area contributed by atoms with Crippen LogP contribution in [0.5, 0.6) is 0 Å². The van der Waals surface area contributed by atoms with Crippen LogP contribution >= 0.6 is 22.9 Å². The van der Waals surface area contributed by atoms with Crippen molar-refractivity contribution < 1.29 is 0 Å². The summed E-state index contributed by atoms with van der Waals surface area (Å²) in [5.74, 6) is 0. The molecule has 0 saturated carbocycles. The van der Waals surface area contributed by atoms with E-state index in [-0.39, 0.29) is 6.04 Å². The third-order valence-corrected chi connectivity index (χ3v) is 3.00. The predicted molar refractivity (Wildman–Crippen MR) is 55.7 cm³/mol. The van der Waals surface area contributed by atoms with Gasteiger partial charge in [0.2, 0.25) is 0 Å². The van der Waals surface area contributed by atoms with E-state index >= 15 is 0 Å². The first-order valence-corrected chi connectivity index (χ1v) is 5.05. The molecule has 0 aliphatic carbocycles. The zero-order chi connectivity index (χ0) is 8.97. The lowest BCUT2D eigenvalue weighted by Gasteiger charge is -2.06. The van der Waals surface area contributed by atoms with Crippen LogP contribution in [0.25, 0.3) is 0 Å². The fourth-order valence-corrected chi connectivity index (χ4v) is 2.06. The van der Waals surface area contributed by atoms with E-state index < -0.39 is 0 Å². The Labute approximate surface area is 81.9 Å². The van der Waals surface area contributed by atoms with Crippen molar-refractivity contribution in [3.8, 4) is 0 Å². The molecule has 1 aromatic heterocycles. The maximum atomic E-state index is 5.90. The summed E-state index contributed by atoms with van der Waals surface area (Å²) in [6.07, 6.45) is 3.78. The van der Waals surface area contributed by atoms with E-state index in [2.05, 4.69) is 6.58 Å². The van der Waals surface area contributed by atoms with Crippen LogP contribution in [0.15, 0.2) is 24.8 Å². The van der Waals surface area contributed by atoms with Crippen molar-refractivity contribution >= 4 is 22.9 Å². The number of rotatable bonds is 4. The number of hydrogen-bond donors (Lipinski definition) is 1. The van der Waals surface area contributed by atoms with E-state index in [0.29, 0.717) is 0 Å². The van der Waals surface area contributed by atoms with E-state index in [1.807, 2.05) is 18.2 Å². The second-order valence-electron chi connectivity index (χ2n) is 2.61. The lowest BCUT2D eigenvalue weighted by Crippen LogP contribution is -2.07. The minimum Gasteiger partial charge on any atom is -0.323 e. The molecule has 1 aromatic rings. The highest BCUT2D eigenvalue weighted by Gasteiger charge is 2.06. The SMILES string of the molecule is C=CCC[C@H](N)c1ccc(Cl)s1. The monoisotopic (exact) mass is 201 g/mol. The predicted octanol–water partition coefficient (Wildman–Crippen LogP) is 3.37. The summed E-state index contributed by atoms with van der Waals surface area (Å²) in [4.78, 5) is 1.15. The third kappa shape index (κ3) is 2.63. The fraction of sp³-hybridized carbons (Fsp3) is 0.333. The quantitative estimate of drug-likeness (QED) is 0.743. The minimum atomic E-state index is 0.112. The van der Waals surface area contributed by atoms with Crippen molar-refractivity contribution in [2.24, 2.45) is 5.73 Å². The first kappa shape index (κ1) is 9.78. The van der Waals surface area contributed by atoms with Gasteiger partial charge in [-0.1, -0.05) is 17.7 Å². The van der Waals surface area contributed by atoms with Crippen molar-refractivity contribution in [3.63, 3.8) is 0 Å². The highest BCUT2D eigenvalue weighted by atomic mass is 35.5. The van der Waals surface area contributed by atoms with Crippen molar-refractivity contribution in [3.05, 3.63) is 34.0 Å². The molecule has 0 spiro atoms. The van der Waals surface area contributed by atoms with Crippen LogP contribution in [0.3, 0.4) is 0 Å². The molecule has 0 radical (unpaired) electrons. The Balaban J connectivity index is 2.52. The summed E-state index contributed by atoms with van der Waals surface area (Å²) in [7, 11) is 0. The molecule has 0 unspecified atom stereocenters. The topological polar surface area (TPSA) is 26.0 Å². The van der Waals surface area contributed by atoms with Crippen molar-refractivity contribution in [2.75, 3.05) is 0 Å². The summed E-state index contributed by atoms with van der Waals surface area (Å²) in [5.41, 5.74) is 5.90. The number of halogens is 1. The lowest BCUT2D eigenvalue weighted by molar-refractivity contribution is 0.673. The molecule has 2 N–H and O–H groups in total. The molecular weight excluding hydrogens is 190 g/mol. The van der Waals surface area contributed by atoms with Gasteiger partial charge in [0.15, 0.2) is 0 Å². The molecule has 1 heterocycles. The smallest absolute Gasteiger partial charge is 0.0931 e. The Morgan fingerprint density at radius 1 is 1.67 bits per heavy atom. The van der Waals surface area contributed by atoms with Crippen LogP contribution < -0.4 is 5.73 Å². The summed E-state index contributed by atoms with van der Waals surface area (Å²) >= 11 is 7.33. The molecule has 1 atom stereocenters. The number of nitrogens with two attached hydrogens (primary N) is 1. The van der Waals surface area contributed by atoms with Gasteiger partial charge in [-0.3, -0.25) is 0 Å².